The van der Waals surface area contributed by atoms with Crippen LogP contribution in [-0.4, -0.2) is 26.3 Å². The summed E-state index contributed by atoms with van der Waals surface area (Å²) in [4.78, 5) is 23.1. The first kappa shape index (κ1) is 23.7. The van der Waals surface area contributed by atoms with Gasteiger partial charge in [-0.1, -0.05) is 24.6 Å². The third kappa shape index (κ3) is 4.62. The third-order valence-corrected chi connectivity index (χ3v) is 7.05. The van der Waals surface area contributed by atoms with Crippen molar-refractivity contribution in [3.8, 4) is 0 Å². The molecule has 32 heavy (non-hydrogen) atoms. The minimum atomic E-state index is -4.38. The summed E-state index contributed by atoms with van der Waals surface area (Å²) in [6.45, 7) is 5.12. The molecule has 0 aromatic heterocycles. The normalized spacial score (nSPS) is 15.5. The van der Waals surface area contributed by atoms with Crippen molar-refractivity contribution in [1.29, 1.82) is 0 Å². The van der Waals surface area contributed by atoms with Crippen LogP contribution in [0.15, 0.2) is 57.2 Å². The zero-order valence-electron chi connectivity index (χ0n) is 17.4. The molecule has 2 atom stereocenters. The molecule has 1 aliphatic rings. The van der Waals surface area contributed by atoms with E-state index in [0.29, 0.717) is 5.56 Å². The van der Waals surface area contributed by atoms with Crippen LogP contribution >= 0.6 is 11.6 Å². The van der Waals surface area contributed by atoms with Gasteiger partial charge in [-0.15, -0.1) is 10.2 Å². The summed E-state index contributed by atoms with van der Waals surface area (Å²) < 4.78 is 43.7. The second kappa shape index (κ2) is 8.89. The molecular weight excluding hydrogens is 459 g/mol. The summed E-state index contributed by atoms with van der Waals surface area (Å²) in [5.74, 6) is -2.98. The number of nitrogens with two attached hydrogens (primary N) is 1. The number of carbonyl (C=O) groups is 2. The van der Waals surface area contributed by atoms with E-state index in [0.717, 1.165) is 23.8 Å². The van der Waals surface area contributed by atoms with Gasteiger partial charge in [0, 0.05) is 17.0 Å². The number of aryl methyl sites for hydroxylation is 1. The Balaban J connectivity index is 2.13. The van der Waals surface area contributed by atoms with Gasteiger partial charge >= 0.3 is 0 Å². The van der Waals surface area contributed by atoms with Gasteiger partial charge in [-0.05, 0) is 54.8 Å². The lowest BCUT2D eigenvalue weighted by Crippen LogP contribution is -2.40. The minimum absolute atomic E-state index is 0.0148. The molecule has 0 bridgehead atoms. The fourth-order valence-corrected chi connectivity index (χ4v) is 5.21. The van der Waals surface area contributed by atoms with Crippen LogP contribution < -0.4 is 10.5 Å². The first-order valence-electron chi connectivity index (χ1n) is 9.47. The number of nitrogens with zero attached hydrogens (tertiary/aromatic N) is 2. The van der Waals surface area contributed by atoms with Crippen LogP contribution in [0.25, 0.3) is 0 Å². The number of azo groups is 1. The van der Waals surface area contributed by atoms with Crippen molar-refractivity contribution < 1.29 is 22.4 Å². The molecule has 11 heteroatoms. The lowest BCUT2D eigenvalue weighted by molar-refractivity contribution is -0.113. The monoisotopic (exact) mass is 478 g/mol. The molecule has 1 aliphatic heterocycles. The van der Waals surface area contributed by atoms with Gasteiger partial charge in [-0.2, -0.15) is 0 Å². The Bertz CT molecular complexity index is 1290. The molecule has 168 valence electrons. The number of hydrogen-bond acceptors (Lipinski definition) is 5. The number of nitrogens with one attached hydrogen (secondary N) is 1. The number of benzene rings is 2. The zero-order valence-corrected chi connectivity index (χ0v) is 19.0. The molecule has 0 fully saturated rings. The molecule has 0 saturated heterocycles. The number of rotatable bonds is 7. The van der Waals surface area contributed by atoms with Crippen molar-refractivity contribution in [3.05, 3.63) is 75.2 Å². The van der Waals surface area contributed by atoms with Gasteiger partial charge in [0.25, 0.3) is 5.91 Å². The Labute approximate surface area is 189 Å². The van der Waals surface area contributed by atoms with Crippen molar-refractivity contribution in [1.82, 2.24) is 4.72 Å². The van der Waals surface area contributed by atoms with Crippen LogP contribution in [0.3, 0.4) is 0 Å². The zero-order chi connectivity index (χ0) is 23.8. The summed E-state index contributed by atoms with van der Waals surface area (Å²) in [5.41, 5.74) is 6.73. The van der Waals surface area contributed by atoms with E-state index in [1.807, 2.05) is 0 Å². The number of amides is 2. The predicted molar refractivity (Wildman–Crippen MR) is 116 cm³/mol. The van der Waals surface area contributed by atoms with Gasteiger partial charge in [0.15, 0.2) is 0 Å². The number of carbonyl (C=O) groups excluding carboxylic acids is 2. The molecule has 0 spiro atoms. The van der Waals surface area contributed by atoms with Crippen LogP contribution in [0.2, 0.25) is 5.02 Å². The Hall–Kier alpha value is -2.95. The summed E-state index contributed by atoms with van der Waals surface area (Å²) in [7, 11) is -4.38. The van der Waals surface area contributed by atoms with E-state index >= 15 is 0 Å². The molecule has 0 saturated carbocycles. The first-order valence-corrected chi connectivity index (χ1v) is 11.3. The second-order valence-electron chi connectivity index (χ2n) is 7.40. The van der Waals surface area contributed by atoms with E-state index in [1.165, 1.54) is 12.1 Å². The maximum atomic E-state index is 14.8. The number of halogens is 2. The number of primary amides is 1. The maximum absolute atomic E-state index is 14.8. The van der Waals surface area contributed by atoms with Gasteiger partial charge in [-0.3, -0.25) is 9.59 Å². The molecule has 0 unspecified atom stereocenters. The van der Waals surface area contributed by atoms with Crippen LogP contribution in [0.1, 0.15) is 39.9 Å². The van der Waals surface area contributed by atoms with Crippen LogP contribution in [-0.2, 0) is 14.8 Å². The molecule has 2 aromatic rings. The Morgan fingerprint density at radius 2 is 1.88 bits per heavy atom. The largest absolute Gasteiger partial charge is 0.366 e. The maximum Gasteiger partial charge on any atom is 0.290 e. The summed E-state index contributed by atoms with van der Waals surface area (Å²) >= 11 is 5.88. The van der Waals surface area contributed by atoms with Gasteiger partial charge in [0.1, 0.15) is 5.82 Å². The van der Waals surface area contributed by atoms with Gasteiger partial charge in [0.2, 0.25) is 15.9 Å². The highest BCUT2D eigenvalue weighted by atomic mass is 35.5. The van der Waals surface area contributed by atoms with Crippen molar-refractivity contribution in [3.63, 3.8) is 0 Å². The third-order valence-electron chi connectivity index (χ3n) is 5.32. The van der Waals surface area contributed by atoms with Crippen LogP contribution in [0, 0.1) is 19.7 Å². The minimum Gasteiger partial charge on any atom is -0.366 e. The average molecular weight is 479 g/mol. The Morgan fingerprint density at radius 3 is 2.47 bits per heavy atom. The lowest BCUT2D eigenvalue weighted by atomic mass is 9.87. The van der Waals surface area contributed by atoms with E-state index in [-0.39, 0.29) is 21.8 Å². The first-order chi connectivity index (χ1) is 14.9. The number of sulfonamides is 1. The highest BCUT2D eigenvalue weighted by Crippen LogP contribution is 2.33. The SMILES string of the molecule is Cc1ccc(F)c([C@@H](C)[C@H](NS(=O)(=O)c2ccc(Cl)cc2C(N)=O)C2=CC(=O)N=N2)c1C. The summed E-state index contributed by atoms with van der Waals surface area (Å²) in [6.07, 6.45) is 1.07. The van der Waals surface area contributed by atoms with Crippen molar-refractivity contribution >= 4 is 33.4 Å². The van der Waals surface area contributed by atoms with Crippen LogP contribution in [0.4, 0.5) is 4.39 Å². The molecule has 2 amide bonds. The van der Waals surface area contributed by atoms with Crippen LogP contribution in [0.5, 0.6) is 0 Å². The van der Waals surface area contributed by atoms with Gasteiger partial charge in [-0.25, -0.2) is 17.5 Å². The molecule has 8 nitrogen and oxygen atoms in total. The van der Waals surface area contributed by atoms with Crippen molar-refractivity contribution in [2.45, 2.75) is 37.6 Å². The van der Waals surface area contributed by atoms with Gasteiger partial charge in [0.05, 0.1) is 22.2 Å². The average Bonchev–Trinajstić information content (AvgIpc) is 3.15. The fraction of sp³-hybridized carbons (Fsp3) is 0.238. The predicted octanol–water partition coefficient (Wildman–Crippen LogP) is 3.52. The van der Waals surface area contributed by atoms with Crippen molar-refractivity contribution in [2.75, 3.05) is 0 Å². The smallest absolute Gasteiger partial charge is 0.290 e. The fourth-order valence-electron chi connectivity index (χ4n) is 3.55. The molecule has 0 aliphatic carbocycles. The molecule has 0 radical (unpaired) electrons. The molecule has 3 rings (SSSR count). The molecule has 3 N–H and O–H groups in total. The molecular formula is C21H20ClFN4O4S. The molecule has 2 aromatic carbocycles. The van der Waals surface area contributed by atoms with E-state index < -0.39 is 44.5 Å². The standard InChI is InChI=1S/C21H20ClFN4O4S/c1-10-4-6-15(23)19(11(10)2)12(3)20(16-9-18(28)26-25-16)27-32(30,31)17-7-5-13(22)8-14(17)21(24)29/h4-9,12,20,27H,1-3H3,(H2,24,29)/t12-,20+/m1/s1. The highest BCUT2D eigenvalue weighted by molar-refractivity contribution is 7.89. The van der Waals surface area contributed by atoms with E-state index in [2.05, 4.69) is 15.0 Å². The second-order valence-corrected chi connectivity index (χ2v) is 9.52. The topological polar surface area (TPSA) is 131 Å². The van der Waals surface area contributed by atoms with Crippen molar-refractivity contribution in [2.24, 2.45) is 16.0 Å². The highest BCUT2D eigenvalue weighted by Gasteiger charge is 2.34. The summed E-state index contributed by atoms with van der Waals surface area (Å²) in [5, 5.41) is 7.30. The number of hydrogen-bond donors (Lipinski definition) is 2. The van der Waals surface area contributed by atoms with E-state index in [1.54, 1.807) is 26.8 Å². The van der Waals surface area contributed by atoms with E-state index in [9.17, 15) is 22.4 Å². The summed E-state index contributed by atoms with van der Waals surface area (Å²) in [6, 6.07) is 5.32. The Kier molecular flexibility index (Phi) is 6.59. The lowest BCUT2D eigenvalue weighted by Gasteiger charge is -2.27. The molecule has 1 heterocycles. The van der Waals surface area contributed by atoms with Gasteiger partial charge < -0.3 is 5.73 Å². The Morgan fingerprint density at radius 1 is 1.19 bits per heavy atom. The van der Waals surface area contributed by atoms with E-state index in [4.69, 9.17) is 17.3 Å². The quantitative estimate of drug-likeness (QED) is 0.630.